The molecule has 1 N–H and O–H groups in total. The molecule has 0 saturated carbocycles. The summed E-state index contributed by atoms with van der Waals surface area (Å²) in [5, 5.41) is 7.17. The van der Waals surface area contributed by atoms with Gasteiger partial charge in [0.1, 0.15) is 0 Å². The van der Waals surface area contributed by atoms with Gasteiger partial charge in [-0.3, -0.25) is 9.48 Å². The Kier molecular flexibility index (Phi) is 4.34. The lowest BCUT2D eigenvalue weighted by molar-refractivity contribution is 0.103. The number of thiophene rings is 1. The Bertz CT molecular complexity index is 761. The van der Waals surface area contributed by atoms with Crippen LogP contribution in [-0.4, -0.2) is 15.7 Å². The number of benzene rings is 1. The molecule has 112 valence electrons. The second-order valence-electron chi connectivity index (χ2n) is 5.09. The van der Waals surface area contributed by atoms with Crippen molar-refractivity contribution in [2.45, 2.75) is 19.9 Å². The largest absolute Gasteiger partial charge is 0.319 e. The maximum atomic E-state index is 12.1. The number of carbonyl (C=O) groups is 1. The highest BCUT2D eigenvalue weighted by Crippen LogP contribution is 2.17. The van der Waals surface area contributed by atoms with Crippen molar-refractivity contribution >= 4 is 22.9 Å². The van der Waals surface area contributed by atoms with Crippen LogP contribution in [0.1, 0.15) is 20.1 Å². The molecule has 0 saturated heterocycles. The van der Waals surface area contributed by atoms with E-state index in [9.17, 15) is 4.79 Å². The lowest BCUT2D eigenvalue weighted by Crippen LogP contribution is -2.09. The van der Waals surface area contributed by atoms with Crippen LogP contribution in [0.2, 0.25) is 0 Å². The van der Waals surface area contributed by atoms with Crippen molar-refractivity contribution in [3.63, 3.8) is 0 Å². The molecule has 0 aliphatic rings. The Morgan fingerprint density at radius 2 is 2.05 bits per heavy atom. The van der Waals surface area contributed by atoms with Crippen molar-refractivity contribution in [3.8, 4) is 0 Å². The van der Waals surface area contributed by atoms with E-state index in [4.69, 9.17) is 0 Å². The van der Waals surface area contributed by atoms with Crippen LogP contribution < -0.4 is 5.32 Å². The first-order valence-electron chi connectivity index (χ1n) is 7.15. The predicted octanol–water partition coefficient (Wildman–Crippen LogP) is 3.75. The van der Waals surface area contributed by atoms with Crippen molar-refractivity contribution in [1.29, 1.82) is 0 Å². The maximum Gasteiger partial charge on any atom is 0.265 e. The number of nitrogens with zero attached hydrogens (tertiary/aromatic N) is 2. The molecule has 3 rings (SSSR count). The first kappa shape index (κ1) is 14.5. The van der Waals surface area contributed by atoms with Crippen LogP contribution >= 0.6 is 11.3 Å². The van der Waals surface area contributed by atoms with Crippen molar-refractivity contribution in [2.24, 2.45) is 0 Å². The number of hydrogen-bond acceptors (Lipinski definition) is 3. The Labute approximate surface area is 133 Å². The minimum atomic E-state index is -0.0827. The minimum Gasteiger partial charge on any atom is -0.319 e. The monoisotopic (exact) mass is 311 g/mol. The number of hydrogen-bond donors (Lipinski definition) is 1. The van der Waals surface area contributed by atoms with Crippen LogP contribution in [0.15, 0.2) is 54.9 Å². The van der Waals surface area contributed by atoms with Crippen LogP contribution in [0.25, 0.3) is 0 Å². The predicted molar refractivity (Wildman–Crippen MR) is 89.4 cm³/mol. The minimum absolute atomic E-state index is 0.0827. The van der Waals surface area contributed by atoms with Crippen LogP contribution in [0, 0.1) is 6.92 Å². The van der Waals surface area contributed by atoms with Gasteiger partial charge in [-0.25, -0.2) is 0 Å². The Morgan fingerprint density at radius 3 is 2.77 bits per heavy atom. The average molecular weight is 311 g/mol. The van der Waals surface area contributed by atoms with Crippen LogP contribution in [0.3, 0.4) is 0 Å². The van der Waals surface area contributed by atoms with Crippen LogP contribution in [-0.2, 0) is 13.0 Å². The molecular formula is C17H17N3OS. The summed E-state index contributed by atoms with van der Waals surface area (Å²) < 4.78 is 1.85. The zero-order valence-corrected chi connectivity index (χ0v) is 13.1. The molecule has 0 fully saturated rings. The average Bonchev–Trinajstić information content (AvgIpc) is 3.15. The van der Waals surface area contributed by atoms with Gasteiger partial charge in [-0.05, 0) is 31.0 Å². The van der Waals surface area contributed by atoms with Gasteiger partial charge in [-0.2, -0.15) is 5.10 Å². The molecule has 1 amide bonds. The van der Waals surface area contributed by atoms with Gasteiger partial charge in [0.15, 0.2) is 0 Å². The summed E-state index contributed by atoms with van der Waals surface area (Å²) in [5.74, 6) is -0.0827. The van der Waals surface area contributed by atoms with Crippen molar-refractivity contribution in [3.05, 3.63) is 70.2 Å². The number of anilines is 1. The normalized spacial score (nSPS) is 10.6. The third-order valence-electron chi connectivity index (χ3n) is 3.33. The lowest BCUT2D eigenvalue weighted by Gasteiger charge is -2.02. The highest BCUT2D eigenvalue weighted by molar-refractivity contribution is 7.14. The van der Waals surface area contributed by atoms with E-state index in [0.717, 1.165) is 28.4 Å². The molecule has 0 aliphatic heterocycles. The number of nitrogens with one attached hydrogen (secondary N) is 1. The number of rotatable bonds is 5. The summed E-state index contributed by atoms with van der Waals surface area (Å²) in [6.45, 7) is 2.78. The van der Waals surface area contributed by atoms with Gasteiger partial charge in [0.25, 0.3) is 5.91 Å². The van der Waals surface area contributed by atoms with Crippen molar-refractivity contribution in [1.82, 2.24) is 9.78 Å². The second kappa shape index (κ2) is 6.58. The van der Waals surface area contributed by atoms with Crippen LogP contribution in [0.4, 0.5) is 5.69 Å². The van der Waals surface area contributed by atoms with Crippen LogP contribution in [0.5, 0.6) is 0 Å². The molecule has 0 unspecified atom stereocenters. The topological polar surface area (TPSA) is 46.9 Å². The Morgan fingerprint density at radius 1 is 1.23 bits per heavy atom. The van der Waals surface area contributed by atoms with Gasteiger partial charge < -0.3 is 5.32 Å². The van der Waals surface area contributed by atoms with E-state index >= 15 is 0 Å². The highest BCUT2D eigenvalue weighted by atomic mass is 32.1. The molecule has 0 radical (unpaired) electrons. The quantitative estimate of drug-likeness (QED) is 0.780. The molecule has 22 heavy (non-hydrogen) atoms. The highest BCUT2D eigenvalue weighted by Gasteiger charge is 2.09. The van der Waals surface area contributed by atoms with E-state index < -0.39 is 0 Å². The van der Waals surface area contributed by atoms with E-state index in [1.54, 1.807) is 6.20 Å². The van der Waals surface area contributed by atoms with E-state index in [2.05, 4.69) is 22.5 Å². The molecular weight excluding hydrogens is 294 g/mol. The second-order valence-corrected chi connectivity index (χ2v) is 6.38. The summed E-state index contributed by atoms with van der Waals surface area (Å²) in [6, 6.07) is 14.1. The zero-order valence-electron chi connectivity index (χ0n) is 12.3. The standard InChI is InChI=1S/C17H17N3OS/c1-13-7-8-16(22-13)17(21)19-15-11-18-20(12-15)10-9-14-5-3-2-4-6-14/h2-8,11-12H,9-10H2,1H3,(H,19,21). The fourth-order valence-electron chi connectivity index (χ4n) is 2.19. The SMILES string of the molecule is Cc1ccc(C(=O)Nc2cnn(CCc3ccccc3)c2)s1. The molecule has 2 heterocycles. The lowest BCUT2D eigenvalue weighted by atomic mass is 10.1. The third kappa shape index (κ3) is 3.62. The molecule has 1 aromatic carbocycles. The Balaban J connectivity index is 1.58. The molecule has 4 nitrogen and oxygen atoms in total. The molecule has 3 aromatic rings. The summed E-state index contributed by atoms with van der Waals surface area (Å²) in [4.78, 5) is 13.9. The number of aromatic nitrogens is 2. The third-order valence-corrected chi connectivity index (χ3v) is 4.33. The smallest absolute Gasteiger partial charge is 0.265 e. The summed E-state index contributed by atoms with van der Waals surface area (Å²) in [6.07, 6.45) is 4.46. The molecule has 0 spiro atoms. The summed E-state index contributed by atoms with van der Waals surface area (Å²) in [7, 11) is 0. The fraction of sp³-hybridized carbons (Fsp3) is 0.176. The van der Waals surface area contributed by atoms with E-state index in [0.29, 0.717) is 0 Å². The number of carbonyl (C=O) groups excluding carboxylic acids is 1. The van der Waals surface area contributed by atoms with E-state index in [-0.39, 0.29) is 5.91 Å². The van der Waals surface area contributed by atoms with E-state index in [1.165, 1.54) is 16.9 Å². The van der Waals surface area contributed by atoms with Gasteiger partial charge in [0.05, 0.1) is 16.8 Å². The molecule has 0 bridgehead atoms. The molecule has 0 atom stereocenters. The summed E-state index contributed by atoms with van der Waals surface area (Å²) >= 11 is 1.49. The van der Waals surface area contributed by atoms with Gasteiger partial charge in [0.2, 0.25) is 0 Å². The number of aryl methyl sites for hydroxylation is 3. The van der Waals surface area contributed by atoms with E-state index in [1.807, 2.05) is 48.1 Å². The van der Waals surface area contributed by atoms with Gasteiger partial charge in [-0.15, -0.1) is 11.3 Å². The fourth-order valence-corrected chi connectivity index (χ4v) is 2.95. The first-order chi connectivity index (χ1) is 10.7. The molecule has 0 aliphatic carbocycles. The first-order valence-corrected chi connectivity index (χ1v) is 7.96. The van der Waals surface area contributed by atoms with Gasteiger partial charge >= 0.3 is 0 Å². The maximum absolute atomic E-state index is 12.1. The van der Waals surface area contributed by atoms with Gasteiger partial charge in [-0.1, -0.05) is 30.3 Å². The van der Waals surface area contributed by atoms with Gasteiger partial charge in [0, 0.05) is 17.6 Å². The molecule has 2 aromatic heterocycles. The van der Waals surface area contributed by atoms with Crippen molar-refractivity contribution < 1.29 is 4.79 Å². The Hall–Kier alpha value is -2.40. The zero-order chi connectivity index (χ0) is 15.4. The van der Waals surface area contributed by atoms with Crippen molar-refractivity contribution in [2.75, 3.05) is 5.32 Å². The molecule has 5 heteroatoms. The number of amides is 1. The summed E-state index contributed by atoms with van der Waals surface area (Å²) in [5.41, 5.74) is 2.00.